The van der Waals surface area contributed by atoms with Crippen LogP contribution in [0.15, 0.2) is 30.6 Å². The highest BCUT2D eigenvalue weighted by molar-refractivity contribution is 5.82. The monoisotopic (exact) mass is 383 g/mol. The zero-order chi connectivity index (χ0) is 19.3. The number of pyridine rings is 1. The minimum Gasteiger partial charge on any atom is -0.350 e. The molecule has 0 aromatic carbocycles. The Morgan fingerprint density at radius 2 is 2.07 bits per heavy atom. The minimum atomic E-state index is -2.47. The number of nitrogens with one attached hydrogen (secondary N) is 1. The van der Waals surface area contributed by atoms with Gasteiger partial charge in [0.15, 0.2) is 5.65 Å². The first-order valence-electron chi connectivity index (χ1n) is 9.32. The molecule has 28 heavy (non-hydrogen) atoms. The molecule has 1 aliphatic carbocycles. The van der Waals surface area contributed by atoms with Gasteiger partial charge in [0.05, 0.1) is 24.0 Å². The molecule has 4 aromatic heterocycles. The van der Waals surface area contributed by atoms with Crippen LogP contribution in [0.4, 0.5) is 14.7 Å². The number of imidazole rings is 1. The van der Waals surface area contributed by atoms with Crippen LogP contribution in [0.2, 0.25) is 0 Å². The van der Waals surface area contributed by atoms with Crippen LogP contribution in [0.5, 0.6) is 0 Å². The number of hydrogen-bond acceptors (Lipinski definition) is 5. The van der Waals surface area contributed by atoms with Gasteiger partial charge in [-0.1, -0.05) is 0 Å². The molecule has 0 radical (unpaired) electrons. The number of aromatic nitrogens is 6. The Labute approximate surface area is 159 Å². The molecule has 144 valence electrons. The largest absolute Gasteiger partial charge is 0.350 e. The third-order valence-electron chi connectivity index (χ3n) is 5.23. The van der Waals surface area contributed by atoms with Gasteiger partial charge in [0.25, 0.3) is 6.43 Å². The smallest absolute Gasteiger partial charge is 0.256 e. The molecule has 0 aliphatic heterocycles. The maximum Gasteiger partial charge on any atom is 0.256 e. The van der Waals surface area contributed by atoms with Crippen LogP contribution in [0.25, 0.3) is 27.9 Å². The number of halogens is 2. The van der Waals surface area contributed by atoms with Crippen molar-refractivity contribution in [2.45, 2.75) is 45.2 Å². The first-order chi connectivity index (χ1) is 13.6. The Hall–Kier alpha value is -3.10. The molecule has 9 heteroatoms. The highest BCUT2D eigenvalue weighted by Gasteiger charge is 2.19. The maximum absolute atomic E-state index is 12.9. The summed E-state index contributed by atoms with van der Waals surface area (Å²) in [6.07, 6.45) is 4.68. The third-order valence-corrected chi connectivity index (χ3v) is 5.23. The lowest BCUT2D eigenvalue weighted by atomic mass is 9.93. The summed E-state index contributed by atoms with van der Waals surface area (Å²) in [5.41, 5.74) is 3.39. The molecule has 0 unspecified atom stereocenters. The zero-order valence-electron chi connectivity index (χ0n) is 15.3. The van der Waals surface area contributed by atoms with Crippen LogP contribution in [-0.4, -0.2) is 41.6 Å². The fourth-order valence-electron chi connectivity index (χ4n) is 3.54. The predicted molar refractivity (Wildman–Crippen MR) is 102 cm³/mol. The second-order valence-corrected chi connectivity index (χ2v) is 7.11. The lowest BCUT2D eigenvalue weighted by Crippen LogP contribution is -2.28. The van der Waals surface area contributed by atoms with E-state index < -0.39 is 13.0 Å². The quantitative estimate of drug-likeness (QED) is 0.569. The number of rotatable bonds is 5. The van der Waals surface area contributed by atoms with Crippen molar-refractivity contribution >= 4 is 22.6 Å². The summed E-state index contributed by atoms with van der Waals surface area (Å²) in [5, 5.41) is 7.85. The maximum atomic E-state index is 12.9. The van der Waals surface area contributed by atoms with Crippen LogP contribution in [0.3, 0.4) is 0 Å². The van der Waals surface area contributed by atoms with Crippen molar-refractivity contribution in [1.29, 1.82) is 0 Å². The van der Waals surface area contributed by atoms with E-state index in [1.807, 2.05) is 24.4 Å². The first kappa shape index (κ1) is 17.0. The number of nitrogens with zero attached hydrogens (tertiary/aromatic N) is 6. The molecule has 0 atom stereocenters. The van der Waals surface area contributed by atoms with Crippen molar-refractivity contribution in [2.75, 3.05) is 5.32 Å². The summed E-state index contributed by atoms with van der Waals surface area (Å²) in [4.78, 5) is 13.4. The van der Waals surface area contributed by atoms with Crippen molar-refractivity contribution in [3.63, 3.8) is 0 Å². The topological polar surface area (TPSA) is 72.9 Å². The van der Waals surface area contributed by atoms with Gasteiger partial charge in [-0.25, -0.2) is 28.2 Å². The summed E-state index contributed by atoms with van der Waals surface area (Å²) < 4.78 is 29.1. The third kappa shape index (κ3) is 2.87. The Morgan fingerprint density at radius 3 is 2.82 bits per heavy atom. The summed E-state index contributed by atoms with van der Waals surface area (Å²) >= 11 is 0. The molecule has 1 N–H and O–H groups in total. The highest BCUT2D eigenvalue weighted by atomic mass is 19.3. The number of fused-ring (bicyclic) bond motifs is 2. The SMILES string of the molecule is Cc1nc2ccc(-c3ccn4nc(NC5CCC5)ncc34)nc2n1CC(F)F. The zero-order valence-corrected chi connectivity index (χ0v) is 15.3. The second kappa shape index (κ2) is 6.50. The van der Waals surface area contributed by atoms with E-state index in [1.54, 1.807) is 17.6 Å². The van der Waals surface area contributed by atoms with Crippen LogP contribution >= 0.6 is 0 Å². The summed E-state index contributed by atoms with van der Waals surface area (Å²) in [7, 11) is 0. The van der Waals surface area contributed by atoms with Gasteiger partial charge in [-0.2, -0.15) is 0 Å². The van der Waals surface area contributed by atoms with Crippen molar-refractivity contribution < 1.29 is 8.78 Å². The van der Waals surface area contributed by atoms with E-state index in [4.69, 9.17) is 0 Å². The molecule has 4 aromatic rings. The minimum absolute atomic E-state index is 0.422. The van der Waals surface area contributed by atoms with Gasteiger partial charge in [-0.3, -0.25) is 0 Å². The van der Waals surface area contributed by atoms with Crippen LogP contribution in [0, 0.1) is 6.92 Å². The van der Waals surface area contributed by atoms with E-state index >= 15 is 0 Å². The van der Waals surface area contributed by atoms with Gasteiger partial charge in [-0.15, -0.1) is 5.10 Å². The highest BCUT2D eigenvalue weighted by Crippen LogP contribution is 2.27. The fraction of sp³-hybridized carbons (Fsp3) is 0.368. The van der Waals surface area contributed by atoms with E-state index in [9.17, 15) is 8.78 Å². The van der Waals surface area contributed by atoms with E-state index in [1.165, 1.54) is 11.0 Å². The normalized spacial score (nSPS) is 14.9. The van der Waals surface area contributed by atoms with Gasteiger partial charge in [0, 0.05) is 17.8 Å². The average molecular weight is 383 g/mol. The lowest BCUT2D eigenvalue weighted by molar-refractivity contribution is 0.127. The molecule has 0 spiro atoms. The molecule has 0 amide bonds. The number of alkyl halides is 2. The van der Waals surface area contributed by atoms with Crippen LogP contribution in [-0.2, 0) is 6.54 Å². The predicted octanol–water partition coefficient (Wildman–Crippen LogP) is 3.68. The number of hydrogen-bond donors (Lipinski definition) is 1. The Morgan fingerprint density at radius 1 is 1.21 bits per heavy atom. The summed E-state index contributed by atoms with van der Waals surface area (Å²) in [5.74, 6) is 1.13. The molecule has 7 nitrogen and oxygen atoms in total. The van der Waals surface area contributed by atoms with Crippen molar-refractivity contribution in [1.82, 2.24) is 29.1 Å². The van der Waals surface area contributed by atoms with Crippen LogP contribution < -0.4 is 5.32 Å². The number of anilines is 1. The molecule has 5 rings (SSSR count). The molecule has 0 saturated heterocycles. The van der Waals surface area contributed by atoms with Gasteiger partial charge in [-0.05, 0) is 44.4 Å². The molecule has 4 heterocycles. The average Bonchev–Trinajstić information content (AvgIpc) is 3.18. The lowest BCUT2D eigenvalue weighted by Gasteiger charge is -2.26. The second-order valence-electron chi connectivity index (χ2n) is 7.11. The van der Waals surface area contributed by atoms with Gasteiger partial charge < -0.3 is 9.88 Å². The van der Waals surface area contributed by atoms with E-state index in [-0.39, 0.29) is 0 Å². The first-order valence-corrected chi connectivity index (χ1v) is 9.32. The van der Waals surface area contributed by atoms with E-state index in [0.29, 0.717) is 34.7 Å². The Balaban J connectivity index is 1.54. The van der Waals surface area contributed by atoms with Gasteiger partial charge >= 0.3 is 0 Å². The molecule has 1 fully saturated rings. The van der Waals surface area contributed by atoms with Gasteiger partial charge in [0.1, 0.15) is 11.3 Å². The standard InChI is InChI=1S/C19H19F2N7/c1-11-23-15-6-5-14(25-18(15)27(11)10-17(20)21)13-7-8-28-16(13)9-22-19(26-28)24-12-3-2-4-12/h5-9,12,17H,2-4,10H2,1H3,(H,24,26). The molecule has 0 bridgehead atoms. The van der Waals surface area contributed by atoms with Crippen LogP contribution in [0.1, 0.15) is 25.1 Å². The fourth-order valence-corrected chi connectivity index (χ4v) is 3.54. The Kier molecular flexibility index (Phi) is 3.96. The summed E-state index contributed by atoms with van der Waals surface area (Å²) in [6, 6.07) is 6.02. The van der Waals surface area contributed by atoms with Crippen molar-refractivity contribution in [3.05, 3.63) is 36.4 Å². The Bertz CT molecular complexity index is 1160. The summed E-state index contributed by atoms with van der Waals surface area (Å²) in [6.45, 7) is 1.29. The van der Waals surface area contributed by atoms with E-state index in [0.717, 1.165) is 23.9 Å². The van der Waals surface area contributed by atoms with Gasteiger partial charge in [0.2, 0.25) is 5.95 Å². The van der Waals surface area contributed by atoms with E-state index in [2.05, 4.69) is 25.4 Å². The molecule has 1 aliphatic rings. The van der Waals surface area contributed by atoms with Crippen molar-refractivity contribution in [2.24, 2.45) is 0 Å². The van der Waals surface area contributed by atoms with Crippen molar-refractivity contribution in [3.8, 4) is 11.3 Å². The number of aryl methyl sites for hydroxylation is 1. The molecular formula is C19H19F2N7. The molecular weight excluding hydrogens is 364 g/mol. The molecule has 1 saturated carbocycles.